The van der Waals surface area contributed by atoms with Gasteiger partial charge in [0.2, 0.25) is 11.8 Å². The molecular formula is C11H20ClN3O2. The van der Waals surface area contributed by atoms with Gasteiger partial charge in [-0.05, 0) is 25.8 Å². The fraction of sp³-hybridized carbons (Fsp3) is 0.818. The summed E-state index contributed by atoms with van der Waals surface area (Å²) >= 11 is 0. The summed E-state index contributed by atoms with van der Waals surface area (Å²) in [6.07, 6.45) is 3.83. The first kappa shape index (κ1) is 14.3. The van der Waals surface area contributed by atoms with Crippen LogP contribution in [0.15, 0.2) is 0 Å². The Morgan fingerprint density at radius 3 is 2.71 bits per heavy atom. The third-order valence-corrected chi connectivity index (χ3v) is 3.37. The van der Waals surface area contributed by atoms with Crippen LogP contribution >= 0.6 is 12.4 Å². The second-order valence-corrected chi connectivity index (χ2v) is 4.61. The van der Waals surface area contributed by atoms with Crippen molar-refractivity contribution in [3.63, 3.8) is 0 Å². The number of piperidine rings is 1. The standard InChI is InChI=1S/C11H19N3O2.ClH/c1-14-7-5-9(11(14)16)13-10(15)8-4-2-3-6-12-8;/h8-9,12H,2-7H2,1H3,(H,13,15);1H/t8-,9?;/m1./s1. The molecule has 5 nitrogen and oxygen atoms in total. The molecule has 0 radical (unpaired) electrons. The minimum Gasteiger partial charge on any atom is -0.344 e. The van der Waals surface area contributed by atoms with E-state index in [-0.39, 0.29) is 36.3 Å². The molecule has 2 rings (SSSR count). The number of likely N-dealkylation sites (tertiary alicyclic amines) is 1. The number of carbonyl (C=O) groups is 2. The van der Waals surface area contributed by atoms with Gasteiger partial charge in [-0.3, -0.25) is 9.59 Å². The van der Waals surface area contributed by atoms with E-state index in [2.05, 4.69) is 10.6 Å². The molecule has 6 heteroatoms. The molecule has 17 heavy (non-hydrogen) atoms. The summed E-state index contributed by atoms with van der Waals surface area (Å²) < 4.78 is 0. The maximum absolute atomic E-state index is 11.9. The highest BCUT2D eigenvalue weighted by molar-refractivity contribution is 5.90. The maximum atomic E-state index is 11.9. The normalized spacial score (nSPS) is 28.8. The summed E-state index contributed by atoms with van der Waals surface area (Å²) in [5, 5.41) is 6.02. The zero-order valence-electron chi connectivity index (χ0n) is 10.1. The molecule has 2 N–H and O–H groups in total. The van der Waals surface area contributed by atoms with E-state index in [1.807, 2.05) is 0 Å². The van der Waals surface area contributed by atoms with Gasteiger partial charge in [0.15, 0.2) is 0 Å². The highest BCUT2D eigenvalue weighted by Gasteiger charge is 2.32. The van der Waals surface area contributed by atoms with Crippen molar-refractivity contribution in [3.8, 4) is 0 Å². The Bertz CT molecular complexity index is 292. The van der Waals surface area contributed by atoms with Crippen LogP contribution in [0.1, 0.15) is 25.7 Å². The Balaban J connectivity index is 0.00000144. The molecule has 0 aliphatic carbocycles. The van der Waals surface area contributed by atoms with Crippen LogP contribution in [0, 0.1) is 0 Å². The largest absolute Gasteiger partial charge is 0.344 e. The van der Waals surface area contributed by atoms with Crippen molar-refractivity contribution in [2.75, 3.05) is 20.1 Å². The van der Waals surface area contributed by atoms with Gasteiger partial charge in [0.05, 0.1) is 6.04 Å². The summed E-state index contributed by atoms with van der Waals surface area (Å²) in [5.41, 5.74) is 0. The molecule has 0 aromatic rings. The second kappa shape index (κ2) is 6.21. The molecule has 98 valence electrons. The van der Waals surface area contributed by atoms with Crippen molar-refractivity contribution in [1.29, 1.82) is 0 Å². The number of hydrogen-bond donors (Lipinski definition) is 2. The van der Waals surface area contributed by atoms with Crippen molar-refractivity contribution in [3.05, 3.63) is 0 Å². The molecule has 0 aromatic heterocycles. The van der Waals surface area contributed by atoms with Crippen LogP contribution < -0.4 is 10.6 Å². The van der Waals surface area contributed by atoms with Gasteiger partial charge in [0.25, 0.3) is 0 Å². The van der Waals surface area contributed by atoms with Crippen molar-refractivity contribution in [1.82, 2.24) is 15.5 Å². The van der Waals surface area contributed by atoms with Gasteiger partial charge in [-0.15, -0.1) is 12.4 Å². The number of nitrogens with one attached hydrogen (secondary N) is 2. The van der Waals surface area contributed by atoms with Crippen LogP contribution in [0.4, 0.5) is 0 Å². The van der Waals surface area contributed by atoms with Crippen LogP contribution in [0.5, 0.6) is 0 Å². The second-order valence-electron chi connectivity index (χ2n) is 4.61. The van der Waals surface area contributed by atoms with Crippen molar-refractivity contribution in [2.45, 2.75) is 37.8 Å². The fourth-order valence-electron chi connectivity index (χ4n) is 2.30. The molecule has 2 aliphatic heterocycles. The Morgan fingerprint density at radius 2 is 2.18 bits per heavy atom. The number of likely N-dealkylation sites (N-methyl/N-ethyl adjacent to an activating group) is 1. The molecule has 1 unspecified atom stereocenters. The lowest BCUT2D eigenvalue weighted by Crippen LogP contribution is -2.51. The zero-order valence-corrected chi connectivity index (χ0v) is 10.9. The van der Waals surface area contributed by atoms with Gasteiger partial charge < -0.3 is 15.5 Å². The van der Waals surface area contributed by atoms with Crippen molar-refractivity contribution in [2.24, 2.45) is 0 Å². The van der Waals surface area contributed by atoms with Gasteiger partial charge in [-0.25, -0.2) is 0 Å². The van der Waals surface area contributed by atoms with Gasteiger partial charge in [-0.2, -0.15) is 0 Å². The molecule has 0 saturated carbocycles. The van der Waals surface area contributed by atoms with Crippen LogP contribution in [-0.2, 0) is 9.59 Å². The third kappa shape index (κ3) is 3.33. The summed E-state index contributed by atoms with van der Waals surface area (Å²) in [4.78, 5) is 25.1. The first-order valence-electron chi connectivity index (χ1n) is 5.97. The Morgan fingerprint density at radius 1 is 1.41 bits per heavy atom. The molecule has 0 spiro atoms. The Labute approximate surface area is 108 Å². The van der Waals surface area contributed by atoms with Crippen molar-refractivity contribution >= 4 is 24.2 Å². The average molecular weight is 262 g/mol. The molecule has 0 bridgehead atoms. The van der Waals surface area contributed by atoms with Crippen LogP contribution in [0.25, 0.3) is 0 Å². The monoisotopic (exact) mass is 261 g/mol. The lowest BCUT2D eigenvalue weighted by Gasteiger charge is -2.23. The highest BCUT2D eigenvalue weighted by Crippen LogP contribution is 2.11. The zero-order chi connectivity index (χ0) is 11.5. The van der Waals surface area contributed by atoms with Crippen molar-refractivity contribution < 1.29 is 9.59 Å². The predicted octanol–water partition coefficient (Wildman–Crippen LogP) is -0.103. The molecule has 2 saturated heterocycles. The average Bonchev–Trinajstić information content (AvgIpc) is 2.62. The quantitative estimate of drug-likeness (QED) is 0.730. The SMILES string of the molecule is CN1CCC(NC(=O)[C@H]2CCCCN2)C1=O.Cl. The molecule has 2 aliphatic rings. The molecule has 2 heterocycles. The summed E-state index contributed by atoms with van der Waals surface area (Å²) in [7, 11) is 1.77. The van der Waals surface area contributed by atoms with Crippen LogP contribution in [-0.4, -0.2) is 48.9 Å². The first-order valence-corrected chi connectivity index (χ1v) is 5.97. The predicted molar refractivity (Wildman–Crippen MR) is 67.1 cm³/mol. The highest BCUT2D eigenvalue weighted by atomic mass is 35.5. The van der Waals surface area contributed by atoms with E-state index in [1.54, 1.807) is 11.9 Å². The number of rotatable bonds is 2. The van der Waals surface area contributed by atoms with Gasteiger partial charge in [0.1, 0.15) is 6.04 Å². The van der Waals surface area contributed by atoms with E-state index in [4.69, 9.17) is 0 Å². The summed E-state index contributed by atoms with van der Waals surface area (Å²) in [5.74, 6) is 0.0116. The molecule has 2 amide bonds. The molecule has 0 aromatic carbocycles. The molecular weight excluding hydrogens is 242 g/mol. The van der Waals surface area contributed by atoms with E-state index in [0.717, 1.165) is 38.8 Å². The number of nitrogens with zero attached hydrogens (tertiary/aromatic N) is 1. The van der Waals surface area contributed by atoms with E-state index < -0.39 is 0 Å². The van der Waals surface area contributed by atoms with Gasteiger partial charge in [-0.1, -0.05) is 6.42 Å². The Hall–Kier alpha value is -0.810. The lowest BCUT2D eigenvalue weighted by atomic mass is 10.0. The summed E-state index contributed by atoms with van der Waals surface area (Å²) in [6, 6.07) is -0.409. The molecule has 2 atom stereocenters. The van der Waals surface area contributed by atoms with E-state index >= 15 is 0 Å². The minimum absolute atomic E-state index is 0. The van der Waals surface area contributed by atoms with E-state index in [1.165, 1.54) is 0 Å². The Kier molecular flexibility index (Phi) is 5.21. The minimum atomic E-state index is -0.304. The maximum Gasteiger partial charge on any atom is 0.244 e. The smallest absolute Gasteiger partial charge is 0.244 e. The topological polar surface area (TPSA) is 61.4 Å². The number of carbonyl (C=O) groups excluding carboxylic acids is 2. The van der Waals surface area contributed by atoms with Gasteiger partial charge in [0, 0.05) is 13.6 Å². The number of amides is 2. The molecule has 2 fully saturated rings. The lowest BCUT2D eigenvalue weighted by molar-refractivity contribution is -0.132. The van der Waals surface area contributed by atoms with Crippen LogP contribution in [0.3, 0.4) is 0 Å². The first-order chi connectivity index (χ1) is 7.68. The van der Waals surface area contributed by atoms with Crippen LogP contribution in [0.2, 0.25) is 0 Å². The van der Waals surface area contributed by atoms with Gasteiger partial charge >= 0.3 is 0 Å². The third-order valence-electron chi connectivity index (χ3n) is 3.37. The fourth-order valence-corrected chi connectivity index (χ4v) is 2.30. The number of halogens is 1. The van der Waals surface area contributed by atoms with E-state index in [9.17, 15) is 9.59 Å². The van der Waals surface area contributed by atoms with E-state index in [0.29, 0.717) is 0 Å². The summed E-state index contributed by atoms with van der Waals surface area (Å²) in [6.45, 7) is 1.64. The number of hydrogen-bond acceptors (Lipinski definition) is 3.